The van der Waals surface area contributed by atoms with E-state index in [-0.39, 0.29) is 18.2 Å². The number of aromatic hydroxyl groups is 1. The smallest absolute Gasteiger partial charge is 0.145 e. The molecule has 0 aliphatic heterocycles. The summed E-state index contributed by atoms with van der Waals surface area (Å²) in [5.74, 6) is -0.617. The lowest BCUT2D eigenvalue weighted by atomic mass is 10.3. The van der Waals surface area contributed by atoms with Crippen LogP contribution in [0.5, 0.6) is 5.75 Å². The molecule has 0 aliphatic carbocycles. The Hall–Kier alpha value is -0.830. The van der Waals surface area contributed by atoms with Crippen LogP contribution >= 0.6 is 12.4 Å². The van der Waals surface area contributed by atoms with E-state index in [1.54, 1.807) is 6.92 Å². The molecule has 0 saturated carbocycles. The lowest BCUT2D eigenvalue weighted by molar-refractivity contribution is 0.460. The van der Waals surface area contributed by atoms with Gasteiger partial charge in [-0.1, -0.05) is 0 Å². The molecule has 0 spiro atoms. The molecule has 1 N–H and O–H groups in total. The van der Waals surface area contributed by atoms with Crippen molar-refractivity contribution < 1.29 is 9.50 Å². The summed E-state index contributed by atoms with van der Waals surface area (Å²) in [6, 6.07) is 1.03. The Bertz CT molecular complexity index is 229. The fourth-order valence-corrected chi connectivity index (χ4v) is 0.497. The van der Waals surface area contributed by atoms with Crippen molar-refractivity contribution in [3.63, 3.8) is 0 Å². The second kappa shape index (κ2) is 3.37. The third kappa shape index (κ3) is 1.84. The monoisotopic (exact) mass is 163 g/mol. The van der Waals surface area contributed by atoms with Gasteiger partial charge in [0, 0.05) is 6.07 Å². The maximum atomic E-state index is 12.1. The number of aryl methyl sites for hydroxylation is 1. The van der Waals surface area contributed by atoms with Crippen LogP contribution in [0.4, 0.5) is 4.39 Å². The van der Waals surface area contributed by atoms with Crippen molar-refractivity contribution >= 4 is 12.4 Å². The summed E-state index contributed by atoms with van der Waals surface area (Å²) in [4.78, 5) is 3.55. The molecule has 4 heteroatoms. The highest BCUT2D eigenvalue weighted by molar-refractivity contribution is 5.85. The van der Waals surface area contributed by atoms with Crippen LogP contribution in [0.25, 0.3) is 0 Å². The molecule has 1 aromatic heterocycles. The van der Waals surface area contributed by atoms with Gasteiger partial charge >= 0.3 is 0 Å². The van der Waals surface area contributed by atoms with Gasteiger partial charge in [0.25, 0.3) is 0 Å². The van der Waals surface area contributed by atoms with Crippen LogP contribution in [-0.2, 0) is 0 Å². The van der Waals surface area contributed by atoms with Crippen molar-refractivity contribution in [3.8, 4) is 5.75 Å². The van der Waals surface area contributed by atoms with Gasteiger partial charge in [-0.05, 0) is 6.92 Å². The molecule has 1 heterocycles. The molecule has 1 rings (SSSR count). The van der Waals surface area contributed by atoms with E-state index in [2.05, 4.69) is 4.98 Å². The zero-order chi connectivity index (χ0) is 6.85. The van der Waals surface area contributed by atoms with Gasteiger partial charge in [0.1, 0.15) is 11.6 Å². The van der Waals surface area contributed by atoms with E-state index < -0.39 is 5.82 Å². The van der Waals surface area contributed by atoms with E-state index in [1.807, 2.05) is 0 Å². The van der Waals surface area contributed by atoms with Gasteiger partial charge in [-0.25, -0.2) is 4.39 Å². The fourth-order valence-electron chi connectivity index (χ4n) is 0.497. The maximum Gasteiger partial charge on any atom is 0.145 e. The van der Waals surface area contributed by atoms with Crippen molar-refractivity contribution in [2.45, 2.75) is 6.92 Å². The molecule has 0 atom stereocenters. The minimum atomic E-state index is -0.516. The van der Waals surface area contributed by atoms with Crippen molar-refractivity contribution in [2.24, 2.45) is 0 Å². The Labute approximate surface area is 64.1 Å². The van der Waals surface area contributed by atoms with Crippen LogP contribution < -0.4 is 0 Å². The number of nitrogens with zero attached hydrogens (tertiary/aromatic N) is 1. The molecule has 1 aromatic rings. The van der Waals surface area contributed by atoms with E-state index in [0.717, 1.165) is 12.3 Å². The van der Waals surface area contributed by atoms with Crippen molar-refractivity contribution in [1.82, 2.24) is 4.98 Å². The first kappa shape index (κ1) is 9.17. The molecule has 10 heavy (non-hydrogen) atoms. The first-order chi connectivity index (χ1) is 4.20. The van der Waals surface area contributed by atoms with Crippen LogP contribution in [0.1, 0.15) is 5.69 Å². The van der Waals surface area contributed by atoms with Crippen molar-refractivity contribution in [2.75, 3.05) is 0 Å². The van der Waals surface area contributed by atoms with Crippen LogP contribution in [0, 0.1) is 12.7 Å². The number of pyridine rings is 1. The molecule has 0 amide bonds. The predicted molar refractivity (Wildman–Crippen MR) is 37.8 cm³/mol. The second-order valence-electron chi connectivity index (χ2n) is 1.76. The summed E-state index contributed by atoms with van der Waals surface area (Å²) in [6.07, 6.45) is 1.06. The Morgan fingerprint density at radius 1 is 1.60 bits per heavy atom. The summed E-state index contributed by atoms with van der Waals surface area (Å²) < 4.78 is 12.1. The van der Waals surface area contributed by atoms with Crippen LogP contribution in [0.3, 0.4) is 0 Å². The van der Waals surface area contributed by atoms with Crippen LogP contribution in [-0.4, -0.2) is 10.1 Å². The Morgan fingerprint density at radius 2 is 2.20 bits per heavy atom. The Morgan fingerprint density at radius 3 is 2.60 bits per heavy atom. The summed E-state index contributed by atoms with van der Waals surface area (Å²) >= 11 is 0. The summed E-state index contributed by atoms with van der Waals surface area (Å²) in [6.45, 7) is 1.61. The molecule has 0 aromatic carbocycles. The molecule has 0 bridgehead atoms. The van der Waals surface area contributed by atoms with E-state index in [4.69, 9.17) is 5.11 Å². The molecule has 0 saturated heterocycles. The zero-order valence-corrected chi connectivity index (χ0v) is 6.15. The highest BCUT2D eigenvalue weighted by Crippen LogP contribution is 2.12. The molecule has 0 fully saturated rings. The van der Waals surface area contributed by atoms with E-state index >= 15 is 0 Å². The third-order valence-corrected chi connectivity index (χ3v) is 1.03. The minimum Gasteiger partial charge on any atom is -0.506 e. The molecule has 0 unspecified atom stereocenters. The minimum absolute atomic E-state index is 0. The van der Waals surface area contributed by atoms with Gasteiger partial charge in [-0.2, -0.15) is 0 Å². The molecule has 2 nitrogen and oxygen atoms in total. The third-order valence-electron chi connectivity index (χ3n) is 1.03. The zero-order valence-electron chi connectivity index (χ0n) is 5.34. The topological polar surface area (TPSA) is 33.1 Å². The number of hydrogen-bond donors (Lipinski definition) is 1. The van der Waals surface area contributed by atoms with Gasteiger partial charge in [0.05, 0.1) is 11.9 Å². The highest BCUT2D eigenvalue weighted by atomic mass is 35.5. The maximum absolute atomic E-state index is 12.1. The first-order valence-corrected chi connectivity index (χ1v) is 2.51. The number of rotatable bonds is 0. The van der Waals surface area contributed by atoms with Crippen LogP contribution in [0.2, 0.25) is 0 Å². The van der Waals surface area contributed by atoms with E-state index in [9.17, 15) is 4.39 Å². The molecular weight excluding hydrogens is 157 g/mol. The first-order valence-electron chi connectivity index (χ1n) is 2.51. The largest absolute Gasteiger partial charge is 0.506 e. The normalized spacial score (nSPS) is 8.60. The average molecular weight is 164 g/mol. The Kier molecular flexibility index (Phi) is 3.09. The lowest BCUT2D eigenvalue weighted by Gasteiger charge is -1.93. The van der Waals surface area contributed by atoms with Gasteiger partial charge in [-0.15, -0.1) is 12.4 Å². The fraction of sp³-hybridized carbons (Fsp3) is 0.167. The number of hydrogen-bond acceptors (Lipinski definition) is 2. The quantitative estimate of drug-likeness (QED) is 0.631. The molecule has 0 radical (unpaired) electrons. The predicted octanol–water partition coefficient (Wildman–Crippen LogP) is 1.66. The van der Waals surface area contributed by atoms with Crippen LogP contribution in [0.15, 0.2) is 12.3 Å². The summed E-state index contributed by atoms with van der Waals surface area (Å²) in [5, 5.41) is 8.80. The standard InChI is InChI=1S/C6H6FNO.ClH/c1-4-6(9)2-5(7)3-8-4;/h2-3,9H,1H3;1H. The molecular formula is C6H7ClFNO. The number of halogens is 2. The van der Waals surface area contributed by atoms with Gasteiger partial charge in [0.15, 0.2) is 0 Å². The SMILES string of the molecule is Cc1ncc(F)cc1O.Cl. The molecule has 56 valence electrons. The second-order valence-corrected chi connectivity index (χ2v) is 1.76. The highest BCUT2D eigenvalue weighted by Gasteiger charge is 1.96. The lowest BCUT2D eigenvalue weighted by Crippen LogP contribution is -1.82. The van der Waals surface area contributed by atoms with E-state index in [0.29, 0.717) is 5.69 Å². The van der Waals surface area contributed by atoms with Gasteiger partial charge in [0.2, 0.25) is 0 Å². The summed E-state index contributed by atoms with van der Waals surface area (Å²) in [7, 11) is 0. The average Bonchev–Trinajstić information content (AvgIpc) is 1.80. The van der Waals surface area contributed by atoms with Crippen molar-refractivity contribution in [3.05, 3.63) is 23.8 Å². The van der Waals surface area contributed by atoms with Crippen molar-refractivity contribution in [1.29, 1.82) is 0 Å². The molecule has 0 aliphatic rings. The van der Waals surface area contributed by atoms with E-state index in [1.165, 1.54) is 0 Å². The van der Waals surface area contributed by atoms with Gasteiger partial charge in [-0.3, -0.25) is 4.98 Å². The summed E-state index contributed by atoms with van der Waals surface area (Å²) in [5.41, 5.74) is 0.441. The number of aromatic nitrogens is 1. The van der Waals surface area contributed by atoms with Gasteiger partial charge < -0.3 is 5.11 Å². The Balaban J connectivity index is 0.000000810.